The zero-order chi connectivity index (χ0) is 26.3. The van der Waals surface area contributed by atoms with E-state index in [1.807, 2.05) is 6.07 Å². The number of carbonyl (C=O) groups is 1. The van der Waals surface area contributed by atoms with Crippen molar-refractivity contribution in [2.75, 3.05) is 5.32 Å². The van der Waals surface area contributed by atoms with Crippen molar-refractivity contribution in [1.82, 2.24) is 9.55 Å². The number of sulfonamides is 2. The average molecular weight is 548 g/mol. The van der Waals surface area contributed by atoms with Gasteiger partial charge in [-0.1, -0.05) is 41.9 Å². The van der Waals surface area contributed by atoms with Crippen molar-refractivity contribution in [3.05, 3.63) is 93.4 Å². The maximum absolute atomic E-state index is 13.4. The Morgan fingerprint density at radius 1 is 0.944 bits per heavy atom. The van der Waals surface area contributed by atoms with E-state index in [0.29, 0.717) is 17.1 Å². The van der Waals surface area contributed by atoms with Crippen LogP contribution in [0.2, 0.25) is 5.02 Å². The van der Waals surface area contributed by atoms with Crippen LogP contribution in [-0.2, 0) is 26.6 Å². The van der Waals surface area contributed by atoms with Crippen molar-refractivity contribution >= 4 is 54.3 Å². The number of nitrogens with zero attached hydrogens (tertiary/aromatic N) is 2. The minimum atomic E-state index is -4.54. The van der Waals surface area contributed by atoms with E-state index in [1.165, 1.54) is 16.8 Å². The lowest BCUT2D eigenvalue weighted by Crippen LogP contribution is -2.30. The van der Waals surface area contributed by atoms with Crippen LogP contribution in [0.3, 0.4) is 0 Å². The topological polar surface area (TPSA) is 184 Å². The Bertz CT molecular complexity index is 1790. The van der Waals surface area contributed by atoms with Crippen LogP contribution in [-0.4, -0.2) is 32.3 Å². The monoisotopic (exact) mass is 547 g/mol. The van der Waals surface area contributed by atoms with Gasteiger partial charge >= 0.3 is 0 Å². The molecule has 0 spiro atoms. The molecule has 4 rings (SSSR count). The van der Waals surface area contributed by atoms with E-state index >= 15 is 0 Å². The lowest BCUT2D eigenvalue weighted by Gasteiger charge is -2.14. The van der Waals surface area contributed by atoms with Gasteiger partial charge in [0.05, 0.1) is 17.3 Å². The number of amides is 1. The predicted octanol–water partition coefficient (Wildman–Crippen LogP) is 1.65. The molecule has 1 amide bonds. The number of pyridine rings is 2. The molecule has 11 nitrogen and oxygen atoms in total. The number of carbonyl (C=O) groups excluding carboxylic acids is 1. The molecule has 0 saturated carbocycles. The first kappa shape index (κ1) is 25.5. The maximum Gasteiger partial charge on any atom is 0.265 e. The highest BCUT2D eigenvalue weighted by Gasteiger charge is 2.25. The van der Waals surface area contributed by atoms with Crippen molar-refractivity contribution in [1.29, 1.82) is 0 Å². The number of fused-ring (bicyclic) bond motifs is 1. The van der Waals surface area contributed by atoms with E-state index in [9.17, 15) is 26.4 Å². The zero-order valence-electron chi connectivity index (χ0n) is 18.3. The SMILES string of the molecule is NS(=O)(=O)c1cc(S(N)(=O)=O)c(NC(=O)c2cc3cccnc3n(Cc3ccccc3)c2=O)cc1Cl. The number of aromatic nitrogens is 2. The molecule has 0 aliphatic rings. The summed E-state index contributed by atoms with van der Waals surface area (Å²) in [4.78, 5) is 29.3. The summed E-state index contributed by atoms with van der Waals surface area (Å²) < 4.78 is 49.1. The summed E-state index contributed by atoms with van der Waals surface area (Å²) in [6.07, 6.45) is 1.51. The van der Waals surface area contributed by atoms with E-state index in [-0.39, 0.29) is 12.1 Å². The van der Waals surface area contributed by atoms with Crippen LogP contribution in [0.15, 0.2) is 81.4 Å². The summed E-state index contributed by atoms with van der Waals surface area (Å²) in [6, 6.07) is 15.2. The Morgan fingerprint density at radius 2 is 1.61 bits per heavy atom. The molecule has 4 aromatic rings. The third kappa shape index (κ3) is 5.15. The molecule has 0 radical (unpaired) electrons. The molecule has 0 aliphatic heterocycles. The van der Waals surface area contributed by atoms with Crippen molar-refractivity contribution in [2.45, 2.75) is 16.3 Å². The van der Waals surface area contributed by atoms with Gasteiger partial charge in [-0.25, -0.2) is 32.1 Å². The third-order valence-corrected chi connectivity index (χ3v) is 7.50. The number of hydrogen-bond donors (Lipinski definition) is 3. The number of hydrogen-bond acceptors (Lipinski definition) is 7. The number of nitrogens with two attached hydrogens (primary N) is 2. The van der Waals surface area contributed by atoms with Crippen molar-refractivity contribution in [3.63, 3.8) is 0 Å². The van der Waals surface area contributed by atoms with Crippen LogP contribution in [0, 0.1) is 0 Å². The fraction of sp³-hybridized carbons (Fsp3) is 0.0455. The Morgan fingerprint density at radius 3 is 2.25 bits per heavy atom. The van der Waals surface area contributed by atoms with E-state index in [2.05, 4.69) is 10.3 Å². The number of primary sulfonamides is 2. The Labute approximate surface area is 210 Å². The van der Waals surface area contributed by atoms with Gasteiger partial charge in [0.2, 0.25) is 20.0 Å². The molecule has 0 bridgehead atoms. The van der Waals surface area contributed by atoms with Gasteiger partial charge in [-0.05, 0) is 35.9 Å². The first-order valence-corrected chi connectivity index (χ1v) is 13.6. The minimum Gasteiger partial charge on any atom is -0.321 e. The van der Waals surface area contributed by atoms with Crippen LogP contribution in [0.5, 0.6) is 0 Å². The molecule has 36 heavy (non-hydrogen) atoms. The van der Waals surface area contributed by atoms with Crippen LogP contribution in [0.25, 0.3) is 11.0 Å². The van der Waals surface area contributed by atoms with Crippen LogP contribution < -0.4 is 21.2 Å². The van der Waals surface area contributed by atoms with Gasteiger partial charge in [-0.2, -0.15) is 0 Å². The van der Waals surface area contributed by atoms with Crippen molar-refractivity contribution in [3.8, 4) is 0 Å². The molecule has 0 saturated heterocycles. The Hall–Kier alpha value is -3.62. The summed E-state index contributed by atoms with van der Waals surface area (Å²) in [7, 11) is -8.95. The minimum absolute atomic E-state index is 0.117. The second-order valence-electron chi connectivity index (χ2n) is 7.67. The molecule has 186 valence electrons. The highest BCUT2D eigenvalue weighted by molar-refractivity contribution is 7.90. The molecule has 14 heteroatoms. The number of anilines is 1. The van der Waals surface area contributed by atoms with Gasteiger partial charge in [-0.3, -0.25) is 14.2 Å². The van der Waals surface area contributed by atoms with Gasteiger partial charge in [0, 0.05) is 11.6 Å². The largest absolute Gasteiger partial charge is 0.321 e. The Balaban J connectivity index is 1.85. The van der Waals surface area contributed by atoms with E-state index < -0.39 is 52.0 Å². The van der Waals surface area contributed by atoms with E-state index in [4.69, 9.17) is 21.9 Å². The second kappa shape index (κ2) is 9.44. The third-order valence-electron chi connectivity index (χ3n) is 5.17. The lowest BCUT2D eigenvalue weighted by molar-refractivity contribution is 0.102. The molecule has 0 fully saturated rings. The molecule has 0 atom stereocenters. The highest BCUT2D eigenvalue weighted by atomic mass is 35.5. The van der Waals surface area contributed by atoms with Crippen molar-refractivity contribution < 1.29 is 21.6 Å². The number of benzene rings is 2. The fourth-order valence-corrected chi connectivity index (χ4v) is 5.43. The van der Waals surface area contributed by atoms with Gasteiger partial charge in [0.15, 0.2) is 0 Å². The lowest BCUT2D eigenvalue weighted by atomic mass is 10.1. The quantitative estimate of drug-likeness (QED) is 0.327. The molecular weight excluding hydrogens is 530 g/mol. The highest BCUT2D eigenvalue weighted by Crippen LogP contribution is 2.31. The molecule has 0 unspecified atom stereocenters. The summed E-state index contributed by atoms with van der Waals surface area (Å²) >= 11 is 5.97. The molecular formula is C22H18ClN5O6S2. The van der Waals surface area contributed by atoms with Crippen LogP contribution in [0.4, 0.5) is 5.69 Å². The summed E-state index contributed by atoms with van der Waals surface area (Å²) in [5.74, 6) is -0.975. The normalized spacial score (nSPS) is 12.0. The Kier molecular flexibility index (Phi) is 6.68. The number of nitrogens with one attached hydrogen (secondary N) is 1. The van der Waals surface area contributed by atoms with Gasteiger partial charge < -0.3 is 5.32 Å². The molecule has 2 aromatic carbocycles. The maximum atomic E-state index is 13.4. The second-order valence-corrected chi connectivity index (χ2v) is 11.1. The first-order chi connectivity index (χ1) is 16.9. The number of halogens is 1. The van der Waals surface area contributed by atoms with Crippen LogP contribution in [0.1, 0.15) is 15.9 Å². The smallest absolute Gasteiger partial charge is 0.265 e. The van der Waals surface area contributed by atoms with E-state index in [1.54, 1.807) is 36.4 Å². The summed E-state index contributed by atoms with van der Waals surface area (Å²) in [5.41, 5.74) is -0.315. The fourth-order valence-electron chi connectivity index (χ4n) is 3.56. The standard InChI is InChI=1S/C22H18ClN5O6S2/c23-16-10-17(19(36(25,33)34)11-18(16)35(24,31)32)27-21(29)15-9-14-7-4-8-26-20(14)28(22(15)30)12-13-5-2-1-3-6-13/h1-11H,12H2,(H,27,29)(H2,24,31,32)(H2,25,33,34). The van der Waals surface area contributed by atoms with E-state index in [0.717, 1.165) is 11.6 Å². The molecule has 2 aromatic heterocycles. The number of rotatable bonds is 6. The summed E-state index contributed by atoms with van der Waals surface area (Å²) in [6.45, 7) is 0.117. The average Bonchev–Trinajstić information content (AvgIpc) is 2.79. The van der Waals surface area contributed by atoms with Crippen molar-refractivity contribution in [2.24, 2.45) is 10.3 Å². The van der Waals surface area contributed by atoms with Gasteiger partial charge in [-0.15, -0.1) is 0 Å². The van der Waals surface area contributed by atoms with Crippen LogP contribution >= 0.6 is 11.6 Å². The molecule has 5 N–H and O–H groups in total. The first-order valence-electron chi connectivity index (χ1n) is 10.1. The molecule has 0 aliphatic carbocycles. The summed E-state index contributed by atoms with van der Waals surface area (Å²) in [5, 5.41) is 12.6. The zero-order valence-corrected chi connectivity index (χ0v) is 20.6. The van der Waals surface area contributed by atoms with Gasteiger partial charge in [0.25, 0.3) is 11.5 Å². The predicted molar refractivity (Wildman–Crippen MR) is 134 cm³/mol. The van der Waals surface area contributed by atoms with Gasteiger partial charge in [0.1, 0.15) is 21.0 Å². The molecule has 2 heterocycles.